The van der Waals surface area contributed by atoms with Crippen LogP contribution < -0.4 is 5.73 Å². The summed E-state index contributed by atoms with van der Waals surface area (Å²) in [5, 5.41) is 0. The number of rotatable bonds is 2. The van der Waals surface area contributed by atoms with Crippen molar-refractivity contribution in [3.05, 3.63) is 35.4 Å². The minimum atomic E-state index is 0.252. The summed E-state index contributed by atoms with van der Waals surface area (Å²) in [4.78, 5) is 2.73. The summed E-state index contributed by atoms with van der Waals surface area (Å²) in [6.45, 7) is 5.54. The van der Waals surface area contributed by atoms with Crippen LogP contribution in [0.4, 0.5) is 0 Å². The molecule has 2 nitrogen and oxygen atoms in total. The molecule has 2 unspecified atom stereocenters. The van der Waals surface area contributed by atoms with Crippen LogP contribution in [-0.4, -0.2) is 23.5 Å². The molecule has 1 aliphatic heterocycles. The lowest BCUT2D eigenvalue weighted by atomic mass is 9.87. The normalized spacial score (nSPS) is 31.2. The predicted octanol–water partition coefficient (Wildman–Crippen LogP) is 3.73. The maximum atomic E-state index is 6.31. The van der Waals surface area contributed by atoms with E-state index in [1.54, 1.807) is 5.56 Å². The smallest absolute Gasteiger partial charge is 0.0335 e. The Morgan fingerprint density at radius 1 is 1.14 bits per heavy atom. The Morgan fingerprint density at radius 2 is 1.95 bits per heavy atom. The Bertz CT molecular complexity index is 470. The lowest BCUT2D eigenvalue weighted by molar-refractivity contribution is 0.0705. The van der Waals surface area contributed by atoms with E-state index >= 15 is 0 Å². The molecule has 0 amide bonds. The van der Waals surface area contributed by atoms with Gasteiger partial charge in [-0.05, 0) is 55.7 Å². The van der Waals surface area contributed by atoms with Crippen LogP contribution in [0.3, 0.4) is 0 Å². The summed E-state index contributed by atoms with van der Waals surface area (Å²) in [6.07, 6.45) is 9.14. The Kier molecular flexibility index (Phi) is 4.66. The van der Waals surface area contributed by atoms with Gasteiger partial charge in [0, 0.05) is 18.6 Å². The van der Waals surface area contributed by atoms with E-state index in [0.29, 0.717) is 0 Å². The first-order valence-corrected chi connectivity index (χ1v) is 8.75. The molecule has 0 bridgehead atoms. The van der Waals surface area contributed by atoms with Crippen LogP contribution in [0.2, 0.25) is 0 Å². The van der Waals surface area contributed by atoms with Crippen molar-refractivity contribution in [2.45, 2.75) is 64.0 Å². The summed E-state index contributed by atoms with van der Waals surface area (Å²) < 4.78 is 0. The van der Waals surface area contributed by atoms with Gasteiger partial charge in [0.1, 0.15) is 0 Å². The maximum Gasteiger partial charge on any atom is 0.0335 e. The molecule has 1 heterocycles. The highest BCUT2D eigenvalue weighted by atomic mass is 15.2. The lowest BCUT2D eigenvalue weighted by Crippen LogP contribution is -2.53. The number of hydrogen-bond acceptors (Lipinski definition) is 2. The molecule has 1 aromatic carbocycles. The molecule has 1 aromatic rings. The van der Waals surface area contributed by atoms with Crippen molar-refractivity contribution in [3.8, 4) is 0 Å². The molecule has 2 heteroatoms. The molecule has 2 N–H and O–H groups in total. The van der Waals surface area contributed by atoms with Crippen LogP contribution in [0, 0.1) is 5.92 Å². The molecular weight excluding hydrogens is 256 g/mol. The van der Waals surface area contributed by atoms with Crippen molar-refractivity contribution in [1.29, 1.82) is 0 Å². The van der Waals surface area contributed by atoms with Crippen LogP contribution in [0.1, 0.15) is 56.6 Å². The molecule has 0 spiro atoms. The van der Waals surface area contributed by atoms with Gasteiger partial charge in [-0.3, -0.25) is 4.90 Å². The molecule has 116 valence electrons. The van der Waals surface area contributed by atoms with Crippen molar-refractivity contribution in [2.24, 2.45) is 11.7 Å². The monoisotopic (exact) mass is 286 g/mol. The highest BCUT2D eigenvalue weighted by Crippen LogP contribution is 2.36. The van der Waals surface area contributed by atoms with Gasteiger partial charge in [-0.2, -0.15) is 0 Å². The summed E-state index contributed by atoms with van der Waals surface area (Å²) in [5.41, 5.74) is 9.64. The molecule has 1 aliphatic carbocycles. The van der Waals surface area contributed by atoms with E-state index in [-0.39, 0.29) is 5.54 Å². The minimum absolute atomic E-state index is 0.252. The molecule has 1 fully saturated rings. The van der Waals surface area contributed by atoms with Gasteiger partial charge < -0.3 is 5.73 Å². The summed E-state index contributed by atoms with van der Waals surface area (Å²) in [5.74, 6) is 0.873. The Balaban J connectivity index is 1.83. The second-order valence-electron chi connectivity index (χ2n) is 7.26. The van der Waals surface area contributed by atoms with Gasteiger partial charge >= 0.3 is 0 Å². The Labute approximate surface area is 129 Å². The van der Waals surface area contributed by atoms with Crippen molar-refractivity contribution in [2.75, 3.05) is 13.1 Å². The lowest BCUT2D eigenvalue weighted by Gasteiger charge is -2.43. The van der Waals surface area contributed by atoms with Gasteiger partial charge in [-0.1, -0.05) is 44.0 Å². The SMILES string of the molecule is CC1CCCC(CN)(N2CCCc3ccccc3C2)CC1. The number of nitrogens with two attached hydrogens (primary N) is 1. The molecule has 0 saturated heterocycles. The average molecular weight is 286 g/mol. The van der Waals surface area contributed by atoms with E-state index in [1.807, 2.05) is 0 Å². The van der Waals surface area contributed by atoms with Crippen molar-refractivity contribution in [1.82, 2.24) is 4.90 Å². The standard InChI is InChI=1S/C19H30N2/c1-16-6-4-11-19(15-20,12-10-16)21-13-5-9-17-7-2-3-8-18(17)14-21/h2-3,7-8,16H,4-6,9-15,20H2,1H3. The fourth-order valence-electron chi connectivity index (χ4n) is 4.32. The van der Waals surface area contributed by atoms with Gasteiger partial charge in [-0.15, -0.1) is 0 Å². The van der Waals surface area contributed by atoms with E-state index < -0.39 is 0 Å². The fourth-order valence-corrected chi connectivity index (χ4v) is 4.32. The maximum absolute atomic E-state index is 6.31. The van der Waals surface area contributed by atoms with Gasteiger partial charge in [0.05, 0.1) is 0 Å². The third kappa shape index (κ3) is 3.17. The topological polar surface area (TPSA) is 29.3 Å². The average Bonchev–Trinajstić information content (AvgIpc) is 2.83. The molecule has 2 aliphatic rings. The highest BCUT2D eigenvalue weighted by Gasteiger charge is 2.37. The van der Waals surface area contributed by atoms with Crippen LogP contribution in [0.5, 0.6) is 0 Å². The Hall–Kier alpha value is -0.860. The first-order valence-electron chi connectivity index (χ1n) is 8.75. The summed E-state index contributed by atoms with van der Waals surface area (Å²) in [6, 6.07) is 8.99. The van der Waals surface area contributed by atoms with Crippen molar-refractivity contribution in [3.63, 3.8) is 0 Å². The summed E-state index contributed by atoms with van der Waals surface area (Å²) >= 11 is 0. The zero-order valence-corrected chi connectivity index (χ0v) is 13.5. The molecule has 3 rings (SSSR count). The number of hydrogen-bond donors (Lipinski definition) is 1. The molecule has 1 saturated carbocycles. The zero-order valence-electron chi connectivity index (χ0n) is 13.5. The third-order valence-electron chi connectivity index (χ3n) is 5.85. The predicted molar refractivity (Wildman–Crippen MR) is 89.2 cm³/mol. The highest BCUT2D eigenvalue weighted by molar-refractivity contribution is 5.28. The zero-order chi connectivity index (χ0) is 14.7. The van der Waals surface area contributed by atoms with E-state index in [1.165, 1.54) is 57.1 Å². The van der Waals surface area contributed by atoms with Crippen LogP contribution in [0.15, 0.2) is 24.3 Å². The number of aryl methyl sites for hydroxylation is 1. The van der Waals surface area contributed by atoms with Gasteiger partial charge in [0.25, 0.3) is 0 Å². The van der Waals surface area contributed by atoms with Gasteiger partial charge in [0.15, 0.2) is 0 Å². The molecule has 0 radical (unpaired) electrons. The number of nitrogens with zero attached hydrogens (tertiary/aromatic N) is 1. The number of benzene rings is 1. The van der Waals surface area contributed by atoms with Gasteiger partial charge in [-0.25, -0.2) is 0 Å². The van der Waals surface area contributed by atoms with E-state index in [0.717, 1.165) is 19.0 Å². The van der Waals surface area contributed by atoms with Gasteiger partial charge in [0.2, 0.25) is 0 Å². The molecule has 21 heavy (non-hydrogen) atoms. The van der Waals surface area contributed by atoms with E-state index in [2.05, 4.69) is 36.1 Å². The van der Waals surface area contributed by atoms with Crippen molar-refractivity contribution < 1.29 is 0 Å². The van der Waals surface area contributed by atoms with Crippen LogP contribution in [0.25, 0.3) is 0 Å². The number of fused-ring (bicyclic) bond motifs is 1. The third-order valence-corrected chi connectivity index (χ3v) is 5.85. The Morgan fingerprint density at radius 3 is 2.76 bits per heavy atom. The molecular formula is C19H30N2. The van der Waals surface area contributed by atoms with E-state index in [9.17, 15) is 0 Å². The van der Waals surface area contributed by atoms with Crippen LogP contribution in [-0.2, 0) is 13.0 Å². The summed E-state index contributed by atoms with van der Waals surface area (Å²) in [7, 11) is 0. The van der Waals surface area contributed by atoms with Crippen LogP contribution >= 0.6 is 0 Å². The second kappa shape index (κ2) is 6.50. The quantitative estimate of drug-likeness (QED) is 0.839. The van der Waals surface area contributed by atoms with Crippen molar-refractivity contribution >= 4 is 0 Å². The largest absolute Gasteiger partial charge is 0.329 e. The molecule has 2 atom stereocenters. The second-order valence-corrected chi connectivity index (χ2v) is 7.26. The first kappa shape index (κ1) is 15.1. The molecule has 0 aromatic heterocycles. The van der Waals surface area contributed by atoms with E-state index in [4.69, 9.17) is 5.73 Å². The fraction of sp³-hybridized carbons (Fsp3) is 0.684. The first-order chi connectivity index (χ1) is 10.2. The minimum Gasteiger partial charge on any atom is -0.329 e.